The number of nitrogens with one attached hydrogen (secondary N) is 2. The molecule has 1 aliphatic heterocycles. The monoisotopic (exact) mass is 323 g/mol. The van der Waals surface area contributed by atoms with Gasteiger partial charge in [0.25, 0.3) is 0 Å². The third-order valence-corrected chi connectivity index (χ3v) is 4.34. The van der Waals surface area contributed by atoms with Gasteiger partial charge in [-0.2, -0.15) is 5.10 Å². The van der Waals surface area contributed by atoms with Gasteiger partial charge >= 0.3 is 0 Å². The van der Waals surface area contributed by atoms with Gasteiger partial charge in [0, 0.05) is 18.0 Å². The second-order valence-corrected chi connectivity index (χ2v) is 5.65. The third-order valence-electron chi connectivity index (χ3n) is 3.54. The number of halogens is 2. The van der Waals surface area contributed by atoms with Gasteiger partial charge in [-0.05, 0) is 47.4 Å². The van der Waals surface area contributed by atoms with E-state index in [1.807, 2.05) is 6.07 Å². The number of nitrogens with zero attached hydrogens (tertiary/aromatic N) is 1. The molecule has 0 bridgehead atoms. The Morgan fingerprint density at radius 2 is 2.26 bits per heavy atom. The summed E-state index contributed by atoms with van der Waals surface area (Å²) in [5.74, 6) is 0.200. The summed E-state index contributed by atoms with van der Waals surface area (Å²) in [5, 5.41) is 10.8. The summed E-state index contributed by atoms with van der Waals surface area (Å²) in [6.07, 6.45) is 2.32. The second-order valence-electron chi connectivity index (χ2n) is 4.85. The summed E-state index contributed by atoms with van der Waals surface area (Å²) < 4.78 is 14.2. The number of piperidine rings is 1. The van der Waals surface area contributed by atoms with E-state index in [9.17, 15) is 4.39 Å². The highest BCUT2D eigenvalue weighted by molar-refractivity contribution is 9.10. The Labute approximate surface area is 119 Å². The van der Waals surface area contributed by atoms with Crippen LogP contribution in [0.4, 0.5) is 4.39 Å². The number of hydrogen-bond donors (Lipinski definition) is 2. The van der Waals surface area contributed by atoms with E-state index in [0.29, 0.717) is 5.92 Å². The van der Waals surface area contributed by atoms with Gasteiger partial charge in [-0.15, -0.1) is 0 Å². The smallest absolute Gasteiger partial charge is 0.123 e. The van der Waals surface area contributed by atoms with Crippen LogP contribution in [-0.2, 0) is 0 Å². The number of aromatic amines is 1. The first-order valence-corrected chi connectivity index (χ1v) is 7.25. The predicted octanol–water partition coefficient (Wildman–Crippen LogP) is 3.45. The quantitative estimate of drug-likeness (QED) is 0.888. The summed E-state index contributed by atoms with van der Waals surface area (Å²) >= 11 is 3.60. The summed E-state index contributed by atoms with van der Waals surface area (Å²) in [6.45, 7) is 2.04. The molecule has 2 heterocycles. The zero-order valence-corrected chi connectivity index (χ0v) is 12.0. The van der Waals surface area contributed by atoms with Crippen molar-refractivity contribution in [2.45, 2.75) is 18.8 Å². The molecule has 0 radical (unpaired) electrons. The van der Waals surface area contributed by atoms with Crippen LogP contribution in [0.15, 0.2) is 28.7 Å². The van der Waals surface area contributed by atoms with E-state index in [2.05, 4.69) is 31.4 Å². The average Bonchev–Trinajstić information content (AvgIpc) is 2.81. The van der Waals surface area contributed by atoms with Crippen LogP contribution in [0.2, 0.25) is 0 Å². The zero-order valence-electron chi connectivity index (χ0n) is 10.4. The van der Waals surface area contributed by atoms with E-state index in [1.165, 1.54) is 18.6 Å². The van der Waals surface area contributed by atoms with E-state index in [1.54, 1.807) is 6.07 Å². The van der Waals surface area contributed by atoms with Crippen LogP contribution in [0.1, 0.15) is 24.5 Å². The van der Waals surface area contributed by atoms with Gasteiger partial charge in [0.15, 0.2) is 0 Å². The van der Waals surface area contributed by atoms with Crippen molar-refractivity contribution in [3.63, 3.8) is 0 Å². The maximum Gasteiger partial charge on any atom is 0.123 e. The van der Waals surface area contributed by atoms with Gasteiger partial charge in [-0.3, -0.25) is 5.10 Å². The van der Waals surface area contributed by atoms with Gasteiger partial charge in [0.1, 0.15) is 11.5 Å². The number of aromatic nitrogens is 2. The molecule has 3 rings (SSSR count). The van der Waals surface area contributed by atoms with Crippen molar-refractivity contribution in [1.29, 1.82) is 0 Å². The van der Waals surface area contributed by atoms with Crippen molar-refractivity contribution in [2.75, 3.05) is 13.1 Å². The number of rotatable bonds is 2. The first kappa shape index (κ1) is 12.8. The number of hydrogen-bond acceptors (Lipinski definition) is 2. The summed E-state index contributed by atoms with van der Waals surface area (Å²) in [4.78, 5) is 0. The van der Waals surface area contributed by atoms with Crippen LogP contribution in [-0.4, -0.2) is 23.3 Å². The minimum atomic E-state index is -0.242. The van der Waals surface area contributed by atoms with Crippen molar-refractivity contribution in [1.82, 2.24) is 15.5 Å². The molecule has 5 heteroatoms. The topological polar surface area (TPSA) is 40.7 Å². The van der Waals surface area contributed by atoms with Crippen molar-refractivity contribution >= 4 is 15.9 Å². The molecular formula is C14H15BrFN3. The van der Waals surface area contributed by atoms with Gasteiger partial charge in [-0.25, -0.2) is 4.39 Å². The molecule has 19 heavy (non-hydrogen) atoms. The SMILES string of the molecule is Fc1cccc(-c2n[nH]c(C3CCCNC3)c2Br)c1. The highest BCUT2D eigenvalue weighted by Gasteiger charge is 2.22. The Balaban J connectivity index is 1.94. The third kappa shape index (κ3) is 2.58. The molecule has 0 spiro atoms. The number of H-pyrrole nitrogens is 1. The fourth-order valence-corrected chi connectivity index (χ4v) is 3.27. The summed E-state index contributed by atoms with van der Waals surface area (Å²) in [7, 11) is 0. The van der Waals surface area contributed by atoms with E-state index >= 15 is 0 Å². The molecule has 1 atom stereocenters. The van der Waals surface area contributed by atoms with E-state index in [0.717, 1.165) is 40.9 Å². The van der Waals surface area contributed by atoms with Crippen molar-refractivity contribution < 1.29 is 4.39 Å². The molecule has 1 fully saturated rings. The van der Waals surface area contributed by atoms with E-state index in [-0.39, 0.29) is 5.82 Å². The lowest BCUT2D eigenvalue weighted by molar-refractivity contribution is 0.453. The Kier molecular flexibility index (Phi) is 3.66. The minimum Gasteiger partial charge on any atom is -0.316 e. The van der Waals surface area contributed by atoms with Gasteiger partial charge in [0.2, 0.25) is 0 Å². The fraction of sp³-hybridized carbons (Fsp3) is 0.357. The molecule has 2 aromatic rings. The second kappa shape index (κ2) is 5.43. The van der Waals surface area contributed by atoms with Crippen molar-refractivity contribution in [3.05, 3.63) is 40.2 Å². The van der Waals surface area contributed by atoms with Crippen molar-refractivity contribution in [3.8, 4) is 11.3 Å². The molecule has 3 nitrogen and oxygen atoms in total. The van der Waals surface area contributed by atoms with Crippen LogP contribution >= 0.6 is 15.9 Å². The lowest BCUT2D eigenvalue weighted by Crippen LogP contribution is -2.28. The Morgan fingerprint density at radius 3 is 3.00 bits per heavy atom. The van der Waals surface area contributed by atoms with E-state index < -0.39 is 0 Å². The minimum absolute atomic E-state index is 0.242. The molecule has 1 aromatic carbocycles. The van der Waals surface area contributed by atoms with Gasteiger partial charge in [0.05, 0.1) is 10.2 Å². The molecule has 1 unspecified atom stereocenters. The summed E-state index contributed by atoms with van der Waals surface area (Å²) in [6, 6.07) is 6.51. The van der Waals surface area contributed by atoms with E-state index in [4.69, 9.17) is 0 Å². The molecule has 100 valence electrons. The van der Waals surface area contributed by atoms with Gasteiger partial charge in [-0.1, -0.05) is 12.1 Å². The van der Waals surface area contributed by atoms with Crippen LogP contribution in [0, 0.1) is 5.82 Å². The molecule has 0 saturated carbocycles. The maximum absolute atomic E-state index is 13.3. The maximum atomic E-state index is 13.3. The molecule has 1 aromatic heterocycles. The predicted molar refractivity (Wildman–Crippen MR) is 76.5 cm³/mol. The molecule has 1 saturated heterocycles. The molecular weight excluding hydrogens is 309 g/mol. The fourth-order valence-electron chi connectivity index (χ4n) is 2.54. The Bertz CT molecular complexity index is 576. The summed E-state index contributed by atoms with van der Waals surface area (Å²) in [5.41, 5.74) is 2.67. The first-order valence-electron chi connectivity index (χ1n) is 6.46. The van der Waals surface area contributed by atoms with Crippen LogP contribution in [0.5, 0.6) is 0 Å². The highest BCUT2D eigenvalue weighted by Crippen LogP contribution is 2.34. The standard InChI is InChI=1S/C14H15BrFN3/c15-12-13(9-3-1-5-11(16)7-9)18-19-14(12)10-4-2-6-17-8-10/h1,3,5,7,10,17H,2,4,6,8H2,(H,18,19). The van der Waals surface area contributed by atoms with Crippen molar-refractivity contribution in [2.24, 2.45) is 0 Å². The largest absolute Gasteiger partial charge is 0.316 e. The number of benzene rings is 1. The average molecular weight is 324 g/mol. The Hall–Kier alpha value is -1.20. The van der Waals surface area contributed by atoms with Gasteiger partial charge < -0.3 is 5.32 Å². The van der Waals surface area contributed by atoms with Crippen LogP contribution < -0.4 is 5.32 Å². The zero-order chi connectivity index (χ0) is 13.2. The molecule has 1 aliphatic rings. The normalized spacial score (nSPS) is 19.6. The molecule has 2 N–H and O–H groups in total. The lowest BCUT2D eigenvalue weighted by Gasteiger charge is -2.21. The lowest BCUT2D eigenvalue weighted by atomic mass is 9.96. The van der Waals surface area contributed by atoms with Crippen LogP contribution in [0.3, 0.4) is 0 Å². The Morgan fingerprint density at radius 1 is 1.37 bits per heavy atom. The molecule has 0 amide bonds. The first-order chi connectivity index (χ1) is 9.25. The van der Waals surface area contributed by atoms with Crippen LogP contribution in [0.25, 0.3) is 11.3 Å². The molecule has 0 aliphatic carbocycles. The highest BCUT2D eigenvalue weighted by atomic mass is 79.9.